The van der Waals surface area contributed by atoms with Crippen LogP contribution >= 0.6 is 11.8 Å². The summed E-state index contributed by atoms with van der Waals surface area (Å²) < 4.78 is 0. The van der Waals surface area contributed by atoms with E-state index in [9.17, 15) is 28.8 Å². The summed E-state index contributed by atoms with van der Waals surface area (Å²) in [5, 5.41) is 3.08. The molecule has 5 heterocycles. The van der Waals surface area contributed by atoms with Gasteiger partial charge in [0.05, 0.1) is 23.3 Å². The number of anilines is 1. The molecule has 9 rings (SSSR count). The predicted molar refractivity (Wildman–Crippen MR) is 228 cm³/mol. The monoisotopic (exact) mass is 825 g/mol. The van der Waals surface area contributed by atoms with E-state index in [1.807, 2.05) is 17.0 Å². The molecule has 1 atom stereocenters. The number of ketones is 1. The first-order valence-electron chi connectivity index (χ1n) is 20.9. The number of hydrogen-bond acceptors (Lipinski definition) is 9. The van der Waals surface area contributed by atoms with Crippen molar-refractivity contribution in [3.63, 3.8) is 0 Å². The number of benzene rings is 3. The fourth-order valence-electron chi connectivity index (χ4n) is 9.91. The maximum atomic E-state index is 14.1. The molecular weight excluding hydrogens is 779 g/mol. The molecule has 1 aliphatic carbocycles. The molecule has 4 aliphatic heterocycles. The Bertz CT molecular complexity index is 2560. The van der Waals surface area contributed by atoms with E-state index in [4.69, 9.17) is 6.57 Å². The lowest BCUT2D eigenvalue weighted by Crippen LogP contribution is -2.54. The van der Waals surface area contributed by atoms with Gasteiger partial charge in [-0.05, 0) is 73.2 Å². The van der Waals surface area contributed by atoms with Crippen molar-refractivity contribution in [2.75, 3.05) is 49.9 Å². The SMILES string of the molecule is [C-]#[N+]c1ccc2c3c([nH]c2c1)C(C)(C)c1cc(N2CCC(N4CCN(C(=O)CCSc5ccc6c(c5)C(=O)N(C5CCC(=O)NC5=O)C6=O)CC4)CC2)c(CC)cc1C3=O. The molecule has 308 valence electrons. The van der Waals surface area contributed by atoms with Gasteiger partial charge in [0.25, 0.3) is 11.8 Å². The minimum absolute atomic E-state index is 0.0366. The van der Waals surface area contributed by atoms with E-state index in [1.165, 1.54) is 23.0 Å². The minimum atomic E-state index is -1.01. The van der Waals surface area contributed by atoms with E-state index in [0.29, 0.717) is 42.6 Å². The van der Waals surface area contributed by atoms with Crippen LogP contribution in [0.4, 0.5) is 11.4 Å². The first-order chi connectivity index (χ1) is 28.9. The van der Waals surface area contributed by atoms with Gasteiger partial charge in [-0.25, -0.2) is 4.85 Å². The number of aromatic amines is 1. The van der Waals surface area contributed by atoms with Gasteiger partial charge in [-0.1, -0.05) is 32.9 Å². The zero-order valence-electron chi connectivity index (χ0n) is 34.1. The molecule has 1 unspecified atom stereocenters. The summed E-state index contributed by atoms with van der Waals surface area (Å²) in [6, 6.07) is 14.3. The Labute approximate surface area is 352 Å². The molecular formula is C46H47N7O6S. The number of rotatable bonds is 8. The van der Waals surface area contributed by atoms with Crippen molar-refractivity contribution < 1.29 is 28.8 Å². The third-order valence-corrected chi connectivity index (χ3v) is 14.3. The fraction of sp³-hybridized carbons (Fsp3) is 0.413. The van der Waals surface area contributed by atoms with Crippen LogP contribution < -0.4 is 10.2 Å². The Morgan fingerprint density at radius 3 is 2.35 bits per heavy atom. The molecule has 0 radical (unpaired) electrons. The molecule has 2 N–H and O–H groups in total. The highest BCUT2D eigenvalue weighted by Crippen LogP contribution is 2.46. The number of hydrogen-bond donors (Lipinski definition) is 2. The summed E-state index contributed by atoms with van der Waals surface area (Å²) in [5.41, 5.74) is 7.20. The molecule has 1 aromatic heterocycles. The summed E-state index contributed by atoms with van der Waals surface area (Å²) >= 11 is 1.45. The summed E-state index contributed by atoms with van der Waals surface area (Å²) in [5.74, 6) is -1.47. The smallest absolute Gasteiger partial charge is 0.262 e. The Morgan fingerprint density at radius 1 is 0.883 bits per heavy atom. The van der Waals surface area contributed by atoms with Gasteiger partial charge in [0, 0.05) is 102 Å². The van der Waals surface area contributed by atoms with E-state index in [-0.39, 0.29) is 35.7 Å². The molecule has 60 heavy (non-hydrogen) atoms. The Balaban J connectivity index is 0.779. The predicted octanol–water partition coefficient (Wildman–Crippen LogP) is 5.85. The summed E-state index contributed by atoms with van der Waals surface area (Å²) in [6.45, 7) is 18.8. The van der Waals surface area contributed by atoms with E-state index in [0.717, 1.165) is 83.0 Å². The van der Waals surface area contributed by atoms with Gasteiger partial charge in [-0.3, -0.25) is 43.9 Å². The van der Waals surface area contributed by atoms with Crippen LogP contribution in [0.15, 0.2) is 53.4 Å². The van der Waals surface area contributed by atoms with Crippen molar-refractivity contribution in [2.45, 2.75) is 81.7 Å². The van der Waals surface area contributed by atoms with Crippen molar-refractivity contribution in [3.8, 4) is 0 Å². The molecule has 0 spiro atoms. The number of imide groups is 2. The van der Waals surface area contributed by atoms with E-state index >= 15 is 0 Å². The maximum absolute atomic E-state index is 14.1. The number of piperidine rings is 2. The van der Waals surface area contributed by atoms with Gasteiger partial charge in [-0.15, -0.1) is 11.8 Å². The summed E-state index contributed by atoms with van der Waals surface area (Å²) in [4.78, 5) is 93.5. The van der Waals surface area contributed by atoms with Crippen LogP contribution in [0, 0.1) is 6.57 Å². The molecule has 0 saturated carbocycles. The number of carbonyl (C=O) groups is 6. The third kappa shape index (κ3) is 6.68. The highest BCUT2D eigenvalue weighted by atomic mass is 32.2. The lowest BCUT2D eigenvalue weighted by Gasteiger charge is -2.44. The van der Waals surface area contributed by atoms with Crippen molar-refractivity contribution in [1.82, 2.24) is 25.0 Å². The molecule has 0 bridgehead atoms. The highest BCUT2D eigenvalue weighted by Gasteiger charge is 2.45. The van der Waals surface area contributed by atoms with Crippen LogP contribution in [0.5, 0.6) is 0 Å². The fourth-order valence-corrected chi connectivity index (χ4v) is 10.8. The van der Waals surface area contributed by atoms with Gasteiger partial charge in [0.15, 0.2) is 11.5 Å². The number of nitrogens with zero attached hydrogens (tertiary/aromatic N) is 5. The van der Waals surface area contributed by atoms with E-state index < -0.39 is 35.1 Å². The molecule has 5 amide bonds. The van der Waals surface area contributed by atoms with Gasteiger partial charge in [-0.2, -0.15) is 0 Å². The largest absolute Gasteiger partial charge is 0.371 e. The highest BCUT2D eigenvalue weighted by molar-refractivity contribution is 7.99. The Morgan fingerprint density at radius 2 is 1.63 bits per heavy atom. The third-order valence-electron chi connectivity index (χ3n) is 13.3. The standard InChI is InChI=1S/C46H47N7O6S/c1-5-26-22-33-34(46(2,3)42-40(41(33)56)31-8-6-27(47-4)23-35(31)48-42)25-37(26)51-15-12-28(13-16-51)50-17-19-52(20-18-50)39(55)14-21-60-29-7-9-30-32(24-29)45(59)53(44(30)58)36-10-11-38(54)49-43(36)57/h6-9,22-25,28,36,48H,5,10-21H2,1-3H3,(H,49,54,57). The molecule has 13 nitrogen and oxygen atoms in total. The van der Waals surface area contributed by atoms with Crippen molar-refractivity contribution in [1.29, 1.82) is 0 Å². The number of amides is 5. The summed E-state index contributed by atoms with van der Waals surface area (Å²) in [6.07, 6.45) is 3.38. The number of aromatic nitrogens is 1. The summed E-state index contributed by atoms with van der Waals surface area (Å²) in [7, 11) is 0. The van der Waals surface area contributed by atoms with Gasteiger partial charge in [0.1, 0.15) is 6.04 Å². The number of piperazine rings is 1. The average molecular weight is 826 g/mol. The van der Waals surface area contributed by atoms with Crippen LogP contribution in [-0.4, -0.2) is 112 Å². The van der Waals surface area contributed by atoms with Crippen LogP contribution in [0.3, 0.4) is 0 Å². The molecule has 3 saturated heterocycles. The van der Waals surface area contributed by atoms with E-state index in [2.05, 4.69) is 57.8 Å². The first-order valence-corrected chi connectivity index (χ1v) is 21.9. The van der Waals surface area contributed by atoms with Gasteiger partial charge >= 0.3 is 0 Å². The molecule has 3 aromatic carbocycles. The lowest BCUT2D eigenvalue weighted by molar-refractivity contribution is -0.136. The van der Waals surface area contributed by atoms with Gasteiger partial charge in [0.2, 0.25) is 17.7 Å². The second-order valence-corrected chi connectivity index (χ2v) is 18.1. The normalized spacial score (nSPS) is 20.6. The maximum Gasteiger partial charge on any atom is 0.262 e. The zero-order valence-corrected chi connectivity index (χ0v) is 34.9. The quantitative estimate of drug-likeness (QED) is 0.127. The number of aryl methyl sites for hydroxylation is 1. The van der Waals surface area contributed by atoms with Crippen LogP contribution in [0.2, 0.25) is 0 Å². The molecule has 5 aliphatic rings. The second kappa shape index (κ2) is 15.4. The number of thioether (sulfide) groups is 1. The van der Waals surface area contributed by atoms with Crippen LogP contribution in [0.1, 0.15) is 106 Å². The van der Waals surface area contributed by atoms with Crippen molar-refractivity contribution >= 4 is 69.4 Å². The zero-order chi connectivity index (χ0) is 42.0. The number of fused-ring (bicyclic) bond motifs is 5. The average Bonchev–Trinajstić information content (AvgIpc) is 3.77. The van der Waals surface area contributed by atoms with Gasteiger partial charge < -0.3 is 14.8 Å². The van der Waals surface area contributed by atoms with Crippen molar-refractivity contribution in [2.24, 2.45) is 0 Å². The lowest BCUT2D eigenvalue weighted by atomic mass is 9.70. The number of H-pyrrole nitrogens is 1. The minimum Gasteiger partial charge on any atom is -0.371 e. The van der Waals surface area contributed by atoms with E-state index in [1.54, 1.807) is 24.3 Å². The van der Waals surface area contributed by atoms with Crippen LogP contribution in [-0.2, 0) is 26.2 Å². The molecule has 4 aromatic rings. The molecule has 3 fully saturated rings. The first kappa shape index (κ1) is 39.7. The van der Waals surface area contributed by atoms with Crippen LogP contribution in [0.25, 0.3) is 15.7 Å². The molecule has 14 heteroatoms. The number of nitrogens with one attached hydrogen (secondary N) is 2. The second-order valence-electron chi connectivity index (χ2n) is 16.9. The Kier molecular flexibility index (Phi) is 10.2. The van der Waals surface area contributed by atoms with Crippen molar-refractivity contribution in [3.05, 3.63) is 99.0 Å². The number of carbonyl (C=O) groups excluding carboxylic acids is 6. The Hall–Kier alpha value is -5.78. The topological polar surface area (TPSA) is 148 Å².